The first-order valence-electron chi connectivity index (χ1n) is 7.78. The predicted molar refractivity (Wildman–Crippen MR) is 94.8 cm³/mol. The van der Waals surface area contributed by atoms with Gasteiger partial charge in [0.15, 0.2) is 0 Å². The van der Waals surface area contributed by atoms with Crippen molar-refractivity contribution in [2.45, 2.75) is 37.0 Å². The van der Waals surface area contributed by atoms with E-state index < -0.39 is 11.3 Å². The molecule has 0 heterocycles. The van der Waals surface area contributed by atoms with Gasteiger partial charge in [0, 0.05) is 19.9 Å². The van der Waals surface area contributed by atoms with Crippen LogP contribution >= 0.6 is 12.6 Å². The van der Waals surface area contributed by atoms with Crippen LogP contribution in [0, 0.1) is 0 Å². The Hall–Kier alpha value is -2.02. The predicted octanol–water partition coefficient (Wildman–Crippen LogP) is 1.10. The van der Waals surface area contributed by atoms with Crippen molar-refractivity contribution < 1.29 is 19.1 Å². The SMILES string of the molecule is CNC(=O)[C@H](Cc1ccccc1)NC(=O)C(S)CCCC(=O)OC. The normalized spacial score (nSPS) is 12.8. The summed E-state index contributed by atoms with van der Waals surface area (Å²) in [6.07, 6.45) is 1.56. The number of thiol groups is 1. The van der Waals surface area contributed by atoms with Gasteiger partial charge in [0.2, 0.25) is 11.8 Å². The second-order valence-corrected chi connectivity index (χ2v) is 5.97. The fourth-order valence-electron chi connectivity index (χ4n) is 2.17. The molecule has 1 unspecified atom stereocenters. The summed E-state index contributed by atoms with van der Waals surface area (Å²) in [7, 11) is 2.85. The number of hydrogen-bond donors (Lipinski definition) is 3. The summed E-state index contributed by atoms with van der Waals surface area (Å²) in [6, 6.07) is 8.79. The Morgan fingerprint density at radius 1 is 1.17 bits per heavy atom. The number of carbonyl (C=O) groups is 3. The Balaban J connectivity index is 2.57. The van der Waals surface area contributed by atoms with Gasteiger partial charge in [-0.15, -0.1) is 0 Å². The van der Waals surface area contributed by atoms with Gasteiger partial charge in [0.1, 0.15) is 6.04 Å². The van der Waals surface area contributed by atoms with E-state index in [1.54, 1.807) is 0 Å². The van der Waals surface area contributed by atoms with Crippen LogP contribution in [0.4, 0.5) is 0 Å². The first-order chi connectivity index (χ1) is 11.5. The molecule has 1 aromatic rings. The Morgan fingerprint density at radius 2 is 1.83 bits per heavy atom. The van der Waals surface area contributed by atoms with Crippen LogP contribution in [0.2, 0.25) is 0 Å². The molecule has 0 spiro atoms. The maximum atomic E-state index is 12.2. The molecule has 0 radical (unpaired) electrons. The van der Waals surface area contributed by atoms with Crippen LogP contribution in [0.3, 0.4) is 0 Å². The molecular weight excluding hydrogens is 328 g/mol. The van der Waals surface area contributed by atoms with E-state index in [9.17, 15) is 14.4 Å². The number of benzene rings is 1. The average Bonchev–Trinajstić information content (AvgIpc) is 2.60. The molecule has 6 nitrogen and oxygen atoms in total. The van der Waals surface area contributed by atoms with Crippen molar-refractivity contribution in [2.75, 3.05) is 14.2 Å². The largest absolute Gasteiger partial charge is 0.469 e. The van der Waals surface area contributed by atoms with E-state index in [1.165, 1.54) is 14.2 Å². The molecule has 1 aromatic carbocycles. The lowest BCUT2D eigenvalue weighted by molar-refractivity contribution is -0.140. The summed E-state index contributed by atoms with van der Waals surface area (Å²) < 4.78 is 4.55. The molecule has 2 amide bonds. The highest BCUT2D eigenvalue weighted by Gasteiger charge is 2.23. The minimum Gasteiger partial charge on any atom is -0.469 e. The molecule has 0 aliphatic heterocycles. The molecule has 0 bridgehead atoms. The lowest BCUT2D eigenvalue weighted by Gasteiger charge is -2.19. The number of rotatable bonds is 9. The molecule has 2 N–H and O–H groups in total. The fourth-order valence-corrected chi connectivity index (χ4v) is 2.43. The fraction of sp³-hybridized carbons (Fsp3) is 0.471. The van der Waals surface area contributed by atoms with Gasteiger partial charge in [-0.05, 0) is 18.4 Å². The third-order valence-electron chi connectivity index (χ3n) is 3.55. The lowest BCUT2D eigenvalue weighted by atomic mass is 10.0. The van der Waals surface area contributed by atoms with Crippen LogP contribution in [0.1, 0.15) is 24.8 Å². The van der Waals surface area contributed by atoms with Crippen LogP contribution < -0.4 is 10.6 Å². The number of carbonyl (C=O) groups excluding carboxylic acids is 3. The van der Waals surface area contributed by atoms with Crippen molar-refractivity contribution in [3.63, 3.8) is 0 Å². The van der Waals surface area contributed by atoms with Crippen molar-refractivity contribution in [3.05, 3.63) is 35.9 Å². The topological polar surface area (TPSA) is 84.5 Å². The molecule has 0 aliphatic carbocycles. The van der Waals surface area contributed by atoms with E-state index >= 15 is 0 Å². The molecule has 0 aromatic heterocycles. The van der Waals surface area contributed by atoms with Gasteiger partial charge < -0.3 is 15.4 Å². The summed E-state index contributed by atoms with van der Waals surface area (Å²) in [5.41, 5.74) is 0.952. The second kappa shape index (κ2) is 10.7. The summed E-state index contributed by atoms with van der Waals surface area (Å²) in [5, 5.41) is 4.69. The van der Waals surface area contributed by atoms with E-state index in [0.717, 1.165) is 5.56 Å². The van der Waals surface area contributed by atoms with Crippen molar-refractivity contribution in [1.29, 1.82) is 0 Å². The van der Waals surface area contributed by atoms with E-state index in [-0.39, 0.29) is 24.2 Å². The van der Waals surface area contributed by atoms with Gasteiger partial charge in [-0.25, -0.2) is 0 Å². The summed E-state index contributed by atoms with van der Waals surface area (Å²) in [6.45, 7) is 0. The zero-order valence-electron chi connectivity index (χ0n) is 14.0. The van der Waals surface area contributed by atoms with Crippen LogP contribution in [0.25, 0.3) is 0 Å². The number of nitrogens with one attached hydrogen (secondary N) is 2. The van der Waals surface area contributed by atoms with Crippen molar-refractivity contribution in [3.8, 4) is 0 Å². The van der Waals surface area contributed by atoms with E-state index in [4.69, 9.17) is 0 Å². The van der Waals surface area contributed by atoms with Crippen LogP contribution in [0.5, 0.6) is 0 Å². The minimum atomic E-state index is -0.667. The molecule has 0 aliphatic rings. The highest BCUT2D eigenvalue weighted by atomic mass is 32.1. The van der Waals surface area contributed by atoms with Crippen LogP contribution in [-0.2, 0) is 25.5 Å². The average molecular weight is 352 g/mol. The monoisotopic (exact) mass is 352 g/mol. The van der Waals surface area contributed by atoms with Crippen molar-refractivity contribution in [2.24, 2.45) is 0 Å². The highest BCUT2D eigenvalue weighted by Crippen LogP contribution is 2.10. The number of likely N-dealkylation sites (N-methyl/N-ethyl adjacent to an activating group) is 1. The third-order valence-corrected chi connectivity index (χ3v) is 4.04. The van der Waals surface area contributed by atoms with Crippen LogP contribution in [-0.4, -0.2) is 43.2 Å². The summed E-state index contributed by atoms with van der Waals surface area (Å²) in [5.74, 6) is -0.904. The molecule has 0 fully saturated rings. The van der Waals surface area contributed by atoms with Gasteiger partial charge >= 0.3 is 5.97 Å². The number of ether oxygens (including phenoxy) is 1. The molecule has 7 heteroatoms. The second-order valence-electron chi connectivity index (χ2n) is 5.35. The Bertz CT molecular complexity index is 551. The molecule has 132 valence electrons. The quantitative estimate of drug-likeness (QED) is 0.459. The van der Waals surface area contributed by atoms with E-state index in [2.05, 4.69) is 28.0 Å². The Labute approximate surface area is 147 Å². The first-order valence-corrected chi connectivity index (χ1v) is 8.30. The van der Waals surface area contributed by atoms with Gasteiger partial charge in [-0.2, -0.15) is 12.6 Å². The smallest absolute Gasteiger partial charge is 0.305 e. The molecule has 0 saturated heterocycles. The zero-order valence-corrected chi connectivity index (χ0v) is 14.8. The molecule has 1 rings (SSSR count). The minimum absolute atomic E-state index is 0.240. The standard InChI is InChI=1S/C17H24N2O4S/c1-18-16(21)13(11-12-7-4-3-5-8-12)19-17(22)14(24)9-6-10-15(20)23-2/h3-5,7-8,13-14,24H,6,9-11H2,1-2H3,(H,18,21)(H,19,22)/t13-,14?/m0/s1. The number of hydrogen-bond acceptors (Lipinski definition) is 5. The molecular formula is C17H24N2O4S. The molecule has 0 saturated carbocycles. The maximum absolute atomic E-state index is 12.2. The lowest BCUT2D eigenvalue weighted by Crippen LogP contribution is -2.49. The van der Waals surface area contributed by atoms with E-state index in [1.807, 2.05) is 30.3 Å². The van der Waals surface area contributed by atoms with Crippen molar-refractivity contribution >= 4 is 30.4 Å². The maximum Gasteiger partial charge on any atom is 0.305 e. The summed E-state index contributed by atoms with van der Waals surface area (Å²) >= 11 is 4.26. The Morgan fingerprint density at radius 3 is 2.42 bits per heavy atom. The number of methoxy groups -OCH3 is 1. The summed E-state index contributed by atoms with van der Waals surface area (Å²) in [4.78, 5) is 35.3. The molecule has 2 atom stereocenters. The van der Waals surface area contributed by atoms with Gasteiger partial charge in [-0.3, -0.25) is 14.4 Å². The number of esters is 1. The van der Waals surface area contributed by atoms with Crippen molar-refractivity contribution in [1.82, 2.24) is 10.6 Å². The first kappa shape index (κ1) is 20.0. The molecule has 24 heavy (non-hydrogen) atoms. The van der Waals surface area contributed by atoms with Gasteiger partial charge in [0.05, 0.1) is 12.4 Å². The van der Waals surface area contributed by atoms with Gasteiger partial charge in [-0.1, -0.05) is 30.3 Å². The van der Waals surface area contributed by atoms with E-state index in [0.29, 0.717) is 19.3 Å². The van der Waals surface area contributed by atoms with Crippen LogP contribution in [0.15, 0.2) is 30.3 Å². The number of amides is 2. The van der Waals surface area contributed by atoms with Gasteiger partial charge in [0.25, 0.3) is 0 Å². The Kier molecular flexibility index (Phi) is 8.93. The highest BCUT2D eigenvalue weighted by molar-refractivity contribution is 7.81. The third kappa shape index (κ3) is 7.04. The zero-order chi connectivity index (χ0) is 17.9.